The fraction of sp³-hybridized carbons (Fsp3) is 0.235. The van der Waals surface area contributed by atoms with E-state index < -0.39 is 6.61 Å². The first-order valence-corrected chi connectivity index (χ1v) is 8.21. The monoisotopic (exact) mass is 353 g/mol. The predicted molar refractivity (Wildman–Crippen MR) is 89.4 cm³/mol. The number of thiophene rings is 1. The first kappa shape index (κ1) is 17.9. The standard InChI is InChI=1S/C17H17F2NO3S/c1-2-22-15-9-12(3-5-14(15)23-17(18)19)4-6-16(21)20-10-13-7-8-24-11-13/h3-9,11,17H,2,10H2,1H3,(H,20,21)/b6-4+. The highest BCUT2D eigenvalue weighted by atomic mass is 32.1. The van der Waals surface area contributed by atoms with Crippen molar-refractivity contribution in [2.75, 3.05) is 6.61 Å². The molecular weight excluding hydrogens is 336 g/mol. The highest BCUT2D eigenvalue weighted by molar-refractivity contribution is 7.07. The van der Waals surface area contributed by atoms with Crippen LogP contribution in [0.25, 0.3) is 6.08 Å². The van der Waals surface area contributed by atoms with E-state index in [0.717, 1.165) is 5.56 Å². The lowest BCUT2D eigenvalue weighted by molar-refractivity contribution is -0.116. The van der Waals surface area contributed by atoms with Crippen molar-refractivity contribution < 1.29 is 23.0 Å². The van der Waals surface area contributed by atoms with Crippen molar-refractivity contribution >= 4 is 23.3 Å². The number of halogens is 2. The molecule has 1 aromatic heterocycles. The molecule has 0 bridgehead atoms. The third-order valence-electron chi connectivity index (χ3n) is 2.96. The van der Waals surface area contributed by atoms with Crippen molar-refractivity contribution in [3.8, 4) is 11.5 Å². The highest BCUT2D eigenvalue weighted by Crippen LogP contribution is 2.30. The van der Waals surface area contributed by atoms with Gasteiger partial charge in [-0.25, -0.2) is 0 Å². The number of amides is 1. The van der Waals surface area contributed by atoms with E-state index >= 15 is 0 Å². The summed E-state index contributed by atoms with van der Waals surface area (Å²) >= 11 is 1.56. The maximum absolute atomic E-state index is 12.4. The summed E-state index contributed by atoms with van der Waals surface area (Å²) in [6.07, 6.45) is 2.96. The van der Waals surface area contributed by atoms with Crippen molar-refractivity contribution in [3.63, 3.8) is 0 Å². The van der Waals surface area contributed by atoms with Gasteiger partial charge in [-0.2, -0.15) is 20.1 Å². The summed E-state index contributed by atoms with van der Waals surface area (Å²) in [4.78, 5) is 11.8. The van der Waals surface area contributed by atoms with Gasteiger partial charge in [-0.1, -0.05) is 6.07 Å². The van der Waals surface area contributed by atoms with Gasteiger partial charge in [0.2, 0.25) is 5.91 Å². The van der Waals surface area contributed by atoms with Crippen LogP contribution in [0, 0.1) is 0 Å². The summed E-state index contributed by atoms with van der Waals surface area (Å²) in [6, 6.07) is 6.44. The molecule has 1 amide bonds. The molecule has 1 N–H and O–H groups in total. The van der Waals surface area contributed by atoms with Gasteiger partial charge in [-0.15, -0.1) is 0 Å². The van der Waals surface area contributed by atoms with Crippen molar-refractivity contribution in [3.05, 3.63) is 52.2 Å². The molecule has 2 rings (SSSR count). The molecule has 0 unspecified atom stereocenters. The summed E-state index contributed by atoms with van der Waals surface area (Å²) < 4.78 is 34.4. The summed E-state index contributed by atoms with van der Waals surface area (Å²) in [5.41, 5.74) is 1.68. The van der Waals surface area contributed by atoms with Crippen LogP contribution in [-0.4, -0.2) is 19.1 Å². The van der Waals surface area contributed by atoms with Crippen LogP contribution >= 0.6 is 11.3 Å². The lowest BCUT2D eigenvalue weighted by Crippen LogP contribution is -2.19. The minimum atomic E-state index is -2.92. The molecule has 0 fully saturated rings. The summed E-state index contributed by atoms with van der Waals surface area (Å²) in [5, 5.41) is 6.66. The molecule has 0 aliphatic rings. The highest BCUT2D eigenvalue weighted by Gasteiger charge is 2.11. The third-order valence-corrected chi connectivity index (χ3v) is 3.69. The Labute approximate surface area is 142 Å². The van der Waals surface area contributed by atoms with Gasteiger partial charge in [-0.3, -0.25) is 4.79 Å². The van der Waals surface area contributed by atoms with E-state index in [9.17, 15) is 13.6 Å². The van der Waals surface area contributed by atoms with E-state index in [2.05, 4.69) is 10.1 Å². The molecular formula is C17H17F2NO3S. The van der Waals surface area contributed by atoms with Crippen molar-refractivity contribution in [1.29, 1.82) is 0 Å². The zero-order valence-electron chi connectivity index (χ0n) is 13.0. The molecule has 0 atom stereocenters. The van der Waals surface area contributed by atoms with Crippen LogP contribution in [0.5, 0.6) is 11.5 Å². The topological polar surface area (TPSA) is 47.6 Å². The Balaban J connectivity index is 1.99. The Morgan fingerprint density at radius 1 is 1.33 bits per heavy atom. The van der Waals surface area contributed by atoms with E-state index in [4.69, 9.17) is 4.74 Å². The van der Waals surface area contributed by atoms with Gasteiger partial charge >= 0.3 is 6.61 Å². The minimum Gasteiger partial charge on any atom is -0.490 e. The average molecular weight is 353 g/mol. The first-order chi connectivity index (χ1) is 11.6. The second-order valence-electron chi connectivity index (χ2n) is 4.70. The van der Waals surface area contributed by atoms with Crippen molar-refractivity contribution in [1.82, 2.24) is 5.32 Å². The van der Waals surface area contributed by atoms with Gasteiger partial charge in [0.15, 0.2) is 11.5 Å². The maximum atomic E-state index is 12.4. The second kappa shape index (κ2) is 9.02. The quantitative estimate of drug-likeness (QED) is 0.728. The number of hydrogen-bond donors (Lipinski definition) is 1. The van der Waals surface area contributed by atoms with Crippen LogP contribution in [-0.2, 0) is 11.3 Å². The molecule has 7 heteroatoms. The van der Waals surface area contributed by atoms with Crippen molar-refractivity contribution in [2.24, 2.45) is 0 Å². The van der Waals surface area contributed by atoms with E-state index in [-0.39, 0.29) is 17.4 Å². The van der Waals surface area contributed by atoms with Gasteiger partial charge in [0.1, 0.15) is 0 Å². The predicted octanol–water partition coefficient (Wildman–Crippen LogP) is 4.08. The zero-order valence-corrected chi connectivity index (χ0v) is 13.8. The summed E-state index contributed by atoms with van der Waals surface area (Å²) in [7, 11) is 0. The van der Waals surface area contributed by atoms with Crippen LogP contribution in [0.2, 0.25) is 0 Å². The minimum absolute atomic E-state index is 0.0362. The summed E-state index contributed by atoms with van der Waals surface area (Å²) in [5.74, 6) is -0.0726. The van der Waals surface area contributed by atoms with Gasteiger partial charge in [0, 0.05) is 12.6 Å². The number of carbonyl (C=O) groups is 1. The average Bonchev–Trinajstić information content (AvgIpc) is 3.06. The molecule has 1 heterocycles. The van der Waals surface area contributed by atoms with E-state index in [1.54, 1.807) is 36.5 Å². The number of nitrogens with one attached hydrogen (secondary N) is 1. The molecule has 0 saturated heterocycles. The van der Waals surface area contributed by atoms with Crippen LogP contribution in [0.1, 0.15) is 18.1 Å². The Hall–Kier alpha value is -2.41. The fourth-order valence-corrected chi connectivity index (χ4v) is 2.57. The van der Waals surface area contributed by atoms with Crippen LogP contribution in [0.15, 0.2) is 41.1 Å². The molecule has 0 radical (unpaired) electrons. The summed E-state index contributed by atoms with van der Waals surface area (Å²) in [6.45, 7) is -0.410. The lowest BCUT2D eigenvalue weighted by Gasteiger charge is -2.11. The van der Waals surface area contributed by atoms with E-state index in [1.807, 2.05) is 16.8 Å². The fourth-order valence-electron chi connectivity index (χ4n) is 1.90. The van der Waals surface area contributed by atoms with Crippen LogP contribution in [0.3, 0.4) is 0 Å². The largest absolute Gasteiger partial charge is 0.490 e. The molecule has 1 aromatic carbocycles. The van der Waals surface area contributed by atoms with Gasteiger partial charge in [0.05, 0.1) is 6.61 Å². The van der Waals surface area contributed by atoms with E-state index in [1.165, 1.54) is 12.1 Å². The number of ether oxygens (including phenoxy) is 2. The normalized spacial score (nSPS) is 11.0. The third kappa shape index (κ3) is 5.66. The molecule has 0 aliphatic carbocycles. The van der Waals surface area contributed by atoms with E-state index in [0.29, 0.717) is 18.7 Å². The molecule has 4 nitrogen and oxygen atoms in total. The Morgan fingerprint density at radius 2 is 2.17 bits per heavy atom. The number of hydrogen-bond acceptors (Lipinski definition) is 4. The Kier molecular flexibility index (Phi) is 6.74. The van der Waals surface area contributed by atoms with Gasteiger partial charge < -0.3 is 14.8 Å². The molecule has 2 aromatic rings. The lowest BCUT2D eigenvalue weighted by atomic mass is 10.2. The molecule has 128 valence electrons. The molecule has 0 spiro atoms. The van der Waals surface area contributed by atoms with Crippen molar-refractivity contribution in [2.45, 2.75) is 20.1 Å². The first-order valence-electron chi connectivity index (χ1n) is 7.27. The molecule has 0 aliphatic heterocycles. The van der Waals surface area contributed by atoms with Crippen LogP contribution < -0.4 is 14.8 Å². The Morgan fingerprint density at radius 3 is 2.83 bits per heavy atom. The number of rotatable bonds is 8. The Bertz CT molecular complexity index is 687. The zero-order chi connectivity index (χ0) is 17.4. The maximum Gasteiger partial charge on any atom is 0.387 e. The van der Waals surface area contributed by atoms with Gasteiger partial charge in [-0.05, 0) is 53.1 Å². The second-order valence-corrected chi connectivity index (χ2v) is 5.48. The SMILES string of the molecule is CCOc1cc(/C=C/C(=O)NCc2ccsc2)ccc1OC(F)F. The number of benzene rings is 1. The molecule has 24 heavy (non-hydrogen) atoms. The van der Waals surface area contributed by atoms with Crippen LogP contribution in [0.4, 0.5) is 8.78 Å². The van der Waals surface area contributed by atoms with Gasteiger partial charge in [0.25, 0.3) is 0 Å². The smallest absolute Gasteiger partial charge is 0.387 e. The number of carbonyl (C=O) groups excluding carboxylic acids is 1. The molecule has 0 saturated carbocycles. The number of alkyl halides is 2.